The number of carbonyl (C=O) groups is 2. The van der Waals surface area contributed by atoms with Crippen LogP contribution in [0.5, 0.6) is 0 Å². The molecule has 0 aliphatic carbocycles. The summed E-state index contributed by atoms with van der Waals surface area (Å²) in [4.78, 5) is 29.1. The molecule has 2 heterocycles. The minimum absolute atomic E-state index is 0.0143. The van der Waals surface area contributed by atoms with Gasteiger partial charge in [-0.15, -0.1) is 11.8 Å². The highest BCUT2D eigenvalue weighted by Gasteiger charge is 2.59. The van der Waals surface area contributed by atoms with Crippen molar-refractivity contribution in [2.75, 3.05) is 22.5 Å². The summed E-state index contributed by atoms with van der Waals surface area (Å²) in [5.74, 6) is 0.660. The zero-order valence-corrected chi connectivity index (χ0v) is 16.7. The van der Waals surface area contributed by atoms with E-state index in [0.29, 0.717) is 23.0 Å². The van der Waals surface area contributed by atoms with Crippen LogP contribution in [-0.4, -0.2) is 35.2 Å². The minimum Gasteiger partial charge on any atom is -0.308 e. The van der Waals surface area contributed by atoms with Gasteiger partial charge in [0, 0.05) is 34.6 Å². The zero-order chi connectivity index (χ0) is 19.2. The van der Waals surface area contributed by atoms with E-state index in [1.54, 1.807) is 34.1 Å². The molecular weight excluding hydrogens is 382 g/mol. The summed E-state index contributed by atoms with van der Waals surface area (Å²) in [5, 5.41) is 3.51. The van der Waals surface area contributed by atoms with Crippen LogP contribution in [-0.2, 0) is 9.67 Å². The number of para-hydroxylation sites is 1. The first-order valence-corrected chi connectivity index (χ1v) is 10.2. The van der Waals surface area contributed by atoms with Crippen molar-refractivity contribution in [1.82, 2.24) is 4.90 Å². The Morgan fingerprint density at radius 3 is 2.59 bits per heavy atom. The number of urea groups is 1. The van der Waals surface area contributed by atoms with Crippen molar-refractivity contribution in [3.05, 3.63) is 59.1 Å². The van der Waals surface area contributed by atoms with E-state index in [1.165, 1.54) is 11.8 Å². The first kappa shape index (κ1) is 18.2. The Labute approximate surface area is 167 Å². The van der Waals surface area contributed by atoms with E-state index in [2.05, 4.69) is 5.32 Å². The van der Waals surface area contributed by atoms with Crippen molar-refractivity contribution in [3.8, 4) is 0 Å². The van der Waals surface area contributed by atoms with Crippen molar-refractivity contribution in [2.24, 2.45) is 0 Å². The number of amides is 3. The second kappa shape index (κ2) is 6.77. The number of nitrogens with one attached hydrogen (secondary N) is 1. The fourth-order valence-electron chi connectivity index (χ4n) is 3.76. The molecule has 2 aliphatic heterocycles. The molecule has 0 bridgehead atoms. The lowest BCUT2D eigenvalue weighted by Gasteiger charge is -2.33. The summed E-state index contributed by atoms with van der Waals surface area (Å²) < 4.78 is 0. The molecule has 27 heavy (non-hydrogen) atoms. The minimum atomic E-state index is -1.00. The van der Waals surface area contributed by atoms with Gasteiger partial charge in [0.2, 0.25) is 0 Å². The van der Waals surface area contributed by atoms with Gasteiger partial charge >= 0.3 is 6.03 Å². The Balaban J connectivity index is 1.72. The van der Waals surface area contributed by atoms with E-state index in [1.807, 2.05) is 38.1 Å². The number of fused-ring (bicyclic) bond motifs is 2. The second-order valence-corrected chi connectivity index (χ2v) is 8.59. The number of rotatable bonds is 2. The molecule has 2 aromatic carbocycles. The van der Waals surface area contributed by atoms with Gasteiger partial charge in [-0.3, -0.25) is 9.69 Å². The lowest BCUT2D eigenvalue weighted by molar-refractivity contribution is -0.123. The normalized spacial score (nSPS) is 21.3. The average Bonchev–Trinajstić information content (AvgIpc) is 3.19. The van der Waals surface area contributed by atoms with Gasteiger partial charge in [0.1, 0.15) is 0 Å². The first-order valence-electron chi connectivity index (χ1n) is 8.86. The number of benzene rings is 2. The fourth-order valence-corrected chi connectivity index (χ4v) is 5.34. The van der Waals surface area contributed by atoms with Gasteiger partial charge in [0.15, 0.2) is 4.87 Å². The summed E-state index contributed by atoms with van der Waals surface area (Å²) in [6.07, 6.45) is 0. The SMILES string of the molecule is CC(C)N1C(=O)[C@@]2(SCCN2C(=O)Nc2ccc(Cl)cc2)c2ccccc21. The van der Waals surface area contributed by atoms with Crippen LogP contribution in [0.4, 0.5) is 16.2 Å². The van der Waals surface area contributed by atoms with Gasteiger partial charge in [-0.2, -0.15) is 0 Å². The Morgan fingerprint density at radius 1 is 1.19 bits per heavy atom. The number of hydrogen-bond acceptors (Lipinski definition) is 3. The molecule has 5 nitrogen and oxygen atoms in total. The molecule has 2 aliphatic rings. The largest absolute Gasteiger partial charge is 0.323 e. The van der Waals surface area contributed by atoms with Crippen molar-refractivity contribution in [1.29, 1.82) is 0 Å². The summed E-state index contributed by atoms with van der Waals surface area (Å²) in [6, 6.07) is 14.4. The van der Waals surface area contributed by atoms with Gasteiger partial charge in [0.25, 0.3) is 5.91 Å². The van der Waals surface area contributed by atoms with Gasteiger partial charge in [-0.25, -0.2) is 4.79 Å². The molecule has 7 heteroatoms. The van der Waals surface area contributed by atoms with Crippen LogP contribution in [0.3, 0.4) is 0 Å². The van der Waals surface area contributed by atoms with Gasteiger partial charge in [-0.05, 0) is 44.2 Å². The number of halogens is 1. The highest BCUT2D eigenvalue weighted by Crippen LogP contribution is 2.54. The number of thioether (sulfide) groups is 1. The topological polar surface area (TPSA) is 52.7 Å². The van der Waals surface area contributed by atoms with Crippen molar-refractivity contribution >= 4 is 46.7 Å². The molecule has 1 spiro atoms. The van der Waals surface area contributed by atoms with Crippen LogP contribution in [0.25, 0.3) is 0 Å². The lowest BCUT2D eigenvalue weighted by atomic mass is 10.1. The maximum atomic E-state index is 13.5. The Hall–Kier alpha value is -2.18. The zero-order valence-electron chi connectivity index (χ0n) is 15.1. The molecule has 1 N–H and O–H groups in total. The quantitative estimate of drug-likeness (QED) is 0.804. The van der Waals surface area contributed by atoms with E-state index in [-0.39, 0.29) is 18.0 Å². The van der Waals surface area contributed by atoms with Crippen molar-refractivity contribution < 1.29 is 9.59 Å². The molecule has 3 amide bonds. The van der Waals surface area contributed by atoms with Gasteiger partial charge in [0.05, 0.1) is 5.69 Å². The summed E-state index contributed by atoms with van der Waals surface area (Å²) >= 11 is 7.44. The average molecular weight is 402 g/mol. The molecule has 0 aromatic heterocycles. The molecule has 140 valence electrons. The highest BCUT2D eigenvalue weighted by atomic mass is 35.5. The third-order valence-corrected chi connectivity index (χ3v) is 6.57. The predicted octanol–water partition coefficient (Wildman–Crippen LogP) is 4.53. The van der Waals surface area contributed by atoms with E-state index in [0.717, 1.165) is 11.3 Å². The molecule has 1 saturated heterocycles. The van der Waals surface area contributed by atoms with Crippen LogP contribution in [0.2, 0.25) is 5.02 Å². The number of nitrogens with zero attached hydrogens (tertiary/aromatic N) is 2. The standard InChI is InChI=1S/C20H20ClN3O2S/c1-13(2)24-17-6-4-3-5-16(17)20(18(24)25)23(11-12-27-20)19(26)22-15-9-7-14(21)8-10-15/h3-10,13H,11-12H2,1-2H3,(H,22,26)/t20-/m0/s1. The fraction of sp³-hybridized carbons (Fsp3) is 0.300. The van der Waals surface area contributed by atoms with Crippen LogP contribution >= 0.6 is 23.4 Å². The van der Waals surface area contributed by atoms with Gasteiger partial charge < -0.3 is 10.2 Å². The smallest absolute Gasteiger partial charge is 0.308 e. The second-order valence-electron chi connectivity index (χ2n) is 6.87. The number of anilines is 2. The molecule has 1 fully saturated rings. The molecule has 0 unspecified atom stereocenters. The summed E-state index contributed by atoms with van der Waals surface area (Å²) in [7, 11) is 0. The number of hydrogen-bond donors (Lipinski definition) is 1. The van der Waals surface area contributed by atoms with E-state index in [4.69, 9.17) is 11.6 Å². The lowest BCUT2D eigenvalue weighted by Crippen LogP contribution is -2.52. The van der Waals surface area contributed by atoms with Crippen LogP contribution < -0.4 is 10.2 Å². The van der Waals surface area contributed by atoms with Crippen LogP contribution in [0, 0.1) is 0 Å². The third-order valence-electron chi connectivity index (χ3n) is 4.90. The monoisotopic (exact) mass is 401 g/mol. The molecule has 0 saturated carbocycles. The molecule has 2 aromatic rings. The predicted molar refractivity (Wildman–Crippen MR) is 110 cm³/mol. The summed E-state index contributed by atoms with van der Waals surface area (Å²) in [5.41, 5.74) is 2.42. The van der Waals surface area contributed by atoms with Crippen molar-refractivity contribution in [3.63, 3.8) is 0 Å². The number of carbonyl (C=O) groups excluding carboxylic acids is 2. The molecular formula is C20H20ClN3O2S. The Kier molecular flexibility index (Phi) is 4.56. The Morgan fingerprint density at radius 2 is 1.89 bits per heavy atom. The first-order chi connectivity index (χ1) is 12.9. The summed E-state index contributed by atoms with van der Waals surface area (Å²) in [6.45, 7) is 4.49. The van der Waals surface area contributed by atoms with E-state index >= 15 is 0 Å². The maximum Gasteiger partial charge on any atom is 0.323 e. The maximum absolute atomic E-state index is 13.5. The van der Waals surface area contributed by atoms with E-state index in [9.17, 15) is 9.59 Å². The molecule has 4 rings (SSSR count). The van der Waals surface area contributed by atoms with Crippen molar-refractivity contribution in [2.45, 2.75) is 24.8 Å². The van der Waals surface area contributed by atoms with Crippen LogP contribution in [0.1, 0.15) is 19.4 Å². The third kappa shape index (κ3) is 2.78. The molecule has 1 atom stereocenters. The highest BCUT2D eigenvalue weighted by molar-refractivity contribution is 8.01. The van der Waals surface area contributed by atoms with Crippen LogP contribution in [0.15, 0.2) is 48.5 Å². The molecule has 0 radical (unpaired) electrons. The van der Waals surface area contributed by atoms with E-state index < -0.39 is 4.87 Å². The van der Waals surface area contributed by atoms with Gasteiger partial charge in [-0.1, -0.05) is 29.8 Å². The Bertz CT molecular complexity index is 902.